The third-order valence-electron chi connectivity index (χ3n) is 6.40. The Kier molecular flexibility index (Phi) is 12.6. The van der Waals surface area contributed by atoms with E-state index in [1.165, 1.54) is 49.2 Å². The van der Waals surface area contributed by atoms with Crippen LogP contribution in [0, 0.1) is 5.92 Å². The number of carboxylic acids is 1. The molecule has 1 aliphatic rings. The Morgan fingerprint density at radius 2 is 1.78 bits per heavy atom. The molecule has 190 valence electrons. The van der Waals surface area contributed by atoms with Gasteiger partial charge in [0.15, 0.2) is 0 Å². The first-order valence-electron chi connectivity index (χ1n) is 12.0. The van der Waals surface area contributed by atoms with Crippen LogP contribution in [0.15, 0.2) is 53.4 Å². The zero-order valence-electron chi connectivity index (χ0n) is 21.0. The van der Waals surface area contributed by atoms with Crippen LogP contribution in [0.4, 0.5) is 0 Å². The van der Waals surface area contributed by atoms with E-state index >= 15 is 0 Å². The predicted octanol–water partition coefficient (Wildman–Crippen LogP) is 0.208. The maximum atomic E-state index is 13.1. The number of nitrogens with one attached hydrogen (secondary N) is 2. The summed E-state index contributed by atoms with van der Waals surface area (Å²) in [7, 11) is -3.77. The van der Waals surface area contributed by atoms with Crippen molar-refractivity contribution in [2.24, 2.45) is 5.92 Å². The molecule has 7 nitrogen and oxygen atoms in total. The number of carbonyl (C=O) groups excluding carboxylic acids is 2. The summed E-state index contributed by atoms with van der Waals surface area (Å²) >= 11 is 1.47. The number of carboxylic acid groups (broad SMARTS) is 1. The van der Waals surface area contributed by atoms with Crippen molar-refractivity contribution in [2.75, 3.05) is 18.6 Å². The first-order valence-corrected chi connectivity index (χ1v) is 14.9. The maximum absolute atomic E-state index is 13.1. The summed E-state index contributed by atoms with van der Waals surface area (Å²) < 4.78 is 28.8. The Morgan fingerprint density at radius 1 is 1.08 bits per heavy atom. The van der Waals surface area contributed by atoms with Crippen molar-refractivity contribution < 1.29 is 42.0 Å². The third kappa shape index (κ3) is 8.67. The van der Waals surface area contributed by atoms with Gasteiger partial charge in [-0.25, -0.2) is 13.1 Å². The molecule has 10 heteroatoms. The van der Waals surface area contributed by atoms with Crippen LogP contribution in [0.2, 0.25) is 0 Å². The summed E-state index contributed by atoms with van der Waals surface area (Å²) in [6.07, 6.45) is 8.85. The topological polar surface area (TPSA) is 115 Å². The summed E-state index contributed by atoms with van der Waals surface area (Å²) in [5, 5.41) is 14.0. The van der Waals surface area contributed by atoms with Gasteiger partial charge in [0.2, 0.25) is 10.0 Å². The molecule has 1 amide bonds. The molecule has 2 aromatic carbocycles. The second kappa shape index (κ2) is 14.8. The molecular weight excluding hydrogens is 491 g/mol. The average Bonchev–Trinajstić information content (AvgIpc) is 2.87. The van der Waals surface area contributed by atoms with Crippen LogP contribution in [0.1, 0.15) is 55.3 Å². The summed E-state index contributed by atoms with van der Waals surface area (Å²) in [5.41, 5.74) is 1.28. The largest absolute Gasteiger partial charge is 1.00 e. The zero-order valence-corrected chi connectivity index (χ0v) is 22.6. The molecule has 2 aromatic rings. The Labute approximate surface area is 230 Å². The zero-order chi connectivity index (χ0) is 25.3. The molecule has 0 bridgehead atoms. The van der Waals surface area contributed by atoms with Crippen molar-refractivity contribution in [3.8, 4) is 11.1 Å². The van der Waals surface area contributed by atoms with E-state index in [4.69, 9.17) is 0 Å². The van der Waals surface area contributed by atoms with Crippen molar-refractivity contribution in [1.82, 2.24) is 10.0 Å². The number of aliphatic carboxylic acids is 1. The van der Waals surface area contributed by atoms with E-state index in [-0.39, 0.29) is 35.7 Å². The predicted molar refractivity (Wildman–Crippen MR) is 138 cm³/mol. The van der Waals surface area contributed by atoms with Gasteiger partial charge in [-0.05, 0) is 60.1 Å². The van der Waals surface area contributed by atoms with Gasteiger partial charge in [0.1, 0.15) is 0 Å². The first kappa shape index (κ1) is 30.5. The van der Waals surface area contributed by atoms with Crippen LogP contribution in [-0.4, -0.2) is 44.9 Å². The van der Waals surface area contributed by atoms with Crippen LogP contribution < -0.4 is 34.0 Å². The van der Waals surface area contributed by atoms with Crippen LogP contribution in [0.3, 0.4) is 0 Å². The molecule has 1 atom stereocenters. The van der Waals surface area contributed by atoms with Crippen molar-refractivity contribution in [3.05, 3.63) is 54.1 Å². The van der Waals surface area contributed by atoms with E-state index < -0.39 is 27.9 Å². The molecule has 0 spiro atoms. The van der Waals surface area contributed by atoms with Crippen LogP contribution in [0.25, 0.3) is 11.1 Å². The van der Waals surface area contributed by atoms with E-state index in [2.05, 4.69) is 10.0 Å². The molecule has 0 heterocycles. The van der Waals surface area contributed by atoms with Gasteiger partial charge < -0.3 is 15.2 Å². The fourth-order valence-electron chi connectivity index (χ4n) is 4.42. The van der Waals surface area contributed by atoms with Crippen molar-refractivity contribution >= 4 is 33.7 Å². The standard InChI is InChI=1S/C26H34N2O5S2.Li/c1-34-17-15-24(26(30)31)28-25(29)22-13-12-21(18-23(22)20-10-6-3-7-11-20)35(32,33)27-16-14-19-8-4-2-5-9-19;/h3,6-7,10-13,18-19,24,27H,2,4-5,8-9,14-17H2,1H3,(H,28,29)(H,30,31);/q;+1/p-1/t24-;/m0./s1. The molecule has 0 aliphatic heterocycles. The average molecular weight is 525 g/mol. The van der Waals surface area contributed by atoms with Gasteiger partial charge in [0.25, 0.3) is 5.91 Å². The molecule has 1 aliphatic carbocycles. The number of hydrogen-bond donors (Lipinski definition) is 2. The first-order chi connectivity index (χ1) is 16.8. The monoisotopic (exact) mass is 524 g/mol. The van der Waals surface area contributed by atoms with Crippen LogP contribution in [-0.2, 0) is 14.8 Å². The second-order valence-corrected chi connectivity index (χ2v) is 11.6. The fraction of sp³-hybridized carbons (Fsp3) is 0.462. The molecule has 0 unspecified atom stereocenters. The van der Waals surface area contributed by atoms with Gasteiger partial charge in [-0.1, -0.05) is 62.4 Å². The van der Waals surface area contributed by atoms with Gasteiger partial charge in [-0.3, -0.25) is 4.79 Å². The fourth-order valence-corrected chi connectivity index (χ4v) is 5.97. The number of amides is 1. The SMILES string of the molecule is CSCC[C@H](NC(=O)c1ccc(S(=O)(=O)NCCC2CCCCC2)cc1-c1ccccc1)C(=O)[O-].[Li+]. The maximum Gasteiger partial charge on any atom is 1.00 e. The molecule has 3 rings (SSSR count). The number of benzene rings is 2. The number of thioether (sulfide) groups is 1. The molecule has 0 saturated heterocycles. The summed E-state index contributed by atoms with van der Waals surface area (Å²) in [6, 6.07) is 12.1. The smallest absolute Gasteiger partial charge is 0.548 e. The molecule has 2 N–H and O–H groups in total. The molecule has 36 heavy (non-hydrogen) atoms. The van der Waals surface area contributed by atoms with Crippen LogP contribution >= 0.6 is 11.8 Å². The van der Waals surface area contributed by atoms with Crippen molar-refractivity contribution in [1.29, 1.82) is 0 Å². The number of hydrogen-bond acceptors (Lipinski definition) is 6. The number of sulfonamides is 1. The Hall–Kier alpha value is -1.76. The minimum absolute atomic E-state index is 0. The van der Waals surface area contributed by atoms with Gasteiger partial charge in [0, 0.05) is 12.1 Å². The van der Waals surface area contributed by atoms with Gasteiger partial charge in [-0.2, -0.15) is 11.8 Å². The minimum Gasteiger partial charge on any atom is -0.548 e. The minimum atomic E-state index is -3.77. The summed E-state index contributed by atoms with van der Waals surface area (Å²) in [4.78, 5) is 24.6. The van der Waals surface area contributed by atoms with Gasteiger partial charge in [0.05, 0.1) is 16.9 Å². The number of carbonyl (C=O) groups is 2. The van der Waals surface area contributed by atoms with Crippen molar-refractivity contribution in [2.45, 2.75) is 55.9 Å². The van der Waals surface area contributed by atoms with E-state index in [0.29, 0.717) is 29.3 Å². The summed E-state index contributed by atoms with van der Waals surface area (Å²) in [5.74, 6) is -0.836. The molecule has 0 radical (unpaired) electrons. The van der Waals surface area contributed by atoms with E-state index in [0.717, 1.165) is 19.3 Å². The summed E-state index contributed by atoms with van der Waals surface area (Å²) in [6.45, 7) is 0.374. The Balaban J connectivity index is 0.00000456. The quantitative estimate of drug-likeness (QED) is 0.384. The van der Waals surface area contributed by atoms with Crippen LogP contribution in [0.5, 0.6) is 0 Å². The normalized spacial score (nSPS) is 15.0. The van der Waals surface area contributed by atoms with Gasteiger partial charge in [-0.15, -0.1) is 0 Å². The molecule has 0 aromatic heterocycles. The second-order valence-electron chi connectivity index (χ2n) is 8.89. The Bertz CT molecular complexity index is 1110. The molecule has 1 saturated carbocycles. The van der Waals surface area contributed by atoms with E-state index in [1.54, 1.807) is 24.3 Å². The van der Waals surface area contributed by atoms with Crippen molar-refractivity contribution in [3.63, 3.8) is 0 Å². The third-order valence-corrected chi connectivity index (χ3v) is 8.50. The number of rotatable bonds is 12. The molecule has 1 fully saturated rings. The van der Waals surface area contributed by atoms with E-state index in [9.17, 15) is 23.1 Å². The van der Waals surface area contributed by atoms with Gasteiger partial charge >= 0.3 is 18.9 Å². The Morgan fingerprint density at radius 3 is 2.42 bits per heavy atom. The molecular formula is C26H33LiN2O5S2. The van der Waals surface area contributed by atoms with E-state index in [1.807, 2.05) is 12.3 Å².